The fraction of sp³-hybridized carbons (Fsp3) is 0.429. The Hall–Kier alpha value is -1.48. The van der Waals surface area contributed by atoms with Gasteiger partial charge in [-0.15, -0.1) is 0 Å². The molecular weight excluding hydrogens is 489 g/mol. The number of amides is 2. The van der Waals surface area contributed by atoms with E-state index in [9.17, 15) is 9.59 Å². The SMILES string of the molecule is C=CCOc1c(I)cc(/C=C2\SC(=O)N(CC3CCCCC3)C2=O)cc1OC. The van der Waals surface area contributed by atoms with Crippen molar-refractivity contribution in [2.45, 2.75) is 32.1 Å². The molecule has 0 unspecified atom stereocenters. The van der Waals surface area contributed by atoms with E-state index in [-0.39, 0.29) is 11.1 Å². The molecule has 0 aromatic heterocycles. The first-order chi connectivity index (χ1) is 13.5. The molecule has 1 aliphatic heterocycles. The molecule has 0 spiro atoms. The van der Waals surface area contributed by atoms with E-state index >= 15 is 0 Å². The Bertz CT molecular complexity index is 802. The van der Waals surface area contributed by atoms with Crippen molar-refractivity contribution in [3.8, 4) is 11.5 Å². The zero-order valence-electron chi connectivity index (χ0n) is 15.9. The fourth-order valence-corrected chi connectivity index (χ4v) is 5.17. The van der Waals surface area contributed by atoms with Gasteiger partial charge >= 0.3 is 0 Å². The van der Waals surface area contributed by atoms with Crippen LogP contribution in [-0.4, -0.2) is 36.3 Å². The smallest absolute Gasteiger partial charge is 0.293 e. The molecule has 1 aliphatic carbocycles. The maximum atomic E-state index is 12.8. The van der Waals surface area contributed by atoms with Gasteiger partial charge in [0.05, 0.1) is 15.6 Å². The summed E-state index contributed by atoms with van der Waals surface area (Å²) in [6.07, 6.45) is 9.26. The van der Waals surface area contributed by atoms with Crippen LogP contribution in [-0.2, 0) is 4.79 Å². The molecule has 0 radical (unpaired) electrons. The van der Waals surface area contributed by atoms with E-state index in [4.69, 9.17) is 9.47 Å². The number of methoxy groups -OCH3 is 1. The summed E-state index contributed by atoms with van der Waals surface area (Å²) in [5.74, 6) is 1.47. The number of rotatable bonds is 7. The summed E-state index contributed by atoms with van der Waals surface area (Å²) >= 11 is 3.19. The minimum Gasteiger partial charge on any atom is -0.493 e. The van der Waals surface area contributed by atoms with Gasteiger partial charge in [-0.1, -0.05) is 31.9 Å². The highest BCUT2D eigenvalue weighted by atomic mass is 127. The second-order valence-electron chi connectivity index (χ2n) is 6.93. The van der Waals surface area contributed by atoms with Crippen molar-refractivity contribution >= 4 is 51.6 Å². The number of benzene rings is 1. The quantitative estimate of drug-likeness (QED) is 0.275. The van der Waals surface area contributed by atoms with Gasteiger partial charge in [0, 0.05) is 6.54 Å². The molecule has 2 aliphatic rings. The van der Waals surface area contributed by atoms with Crippen LogP contribution in [0.4, 0.5) is 4.79 Å². The van der Waals surface area contributed by atoms with Crippen LogP contribution in [0.3, 0.4) is 0 Å². The lowest BCUT2D eigenvalue weighted by Gasteiger charge is -2.25. The van der Waals surface area contributed by atoms with E-state index in [1.54, 1.807) is 19.3 Å². The molecule has 3 rings (SSSR count). The minimum absolute atomic E-state index is 0.172. The predicted octanol–water partition coefficient (Wildman–Crippen LogP) is 5.48. The van der Waals surface area contributed by atoms with E-state index in [2.05, 4.69) is 29.2 Å². The highest BCUT2D eigenvalue weighted by Gasteiger charge is 2.36. The third-order valence-corrected chi connectivity index (χ3v) is 6.64. The van der Waals surface area contributed by atoms with Gasteiger partial charge in [-0.2, -0.15) is 0 Å². The van der Waals surface area contributed by atoms with Crippen LogP contribution in [0.1, 0.15) is 37.7 Å². The second kappa shape index (κ2) is 9.82. The lowest BCUT2D eigenvalue weighted by atomic mass is 9.89. The molecule has 28 heavy (non-hydrogen) atoms. The molecule has 1 aromatic carbocycles. The number of carbonyl (C=O) groups excluding carboxylic acids is 2. The van der Waals surface area contributed by atoms with Crippen molar-refractivity contribution in [1.82, 2.24) is 4.90 Å². The second-order valence-corrected chi connectivity index (χ2v) is 9.09. The minimum atomic E-state index is -0.193. The summed E-state index contributed by atoms with van der Waals surface area (Å²) in [7, 11) is 1.58. The van der Waals surface area contributed by atoms with Crippen molar-refractivity contribution in [2.75, 3.05) is 20.3 Å². The fourth-order valence-electron chi connectivity index (χ4n) is 3.54. The van der Waals surface area contributed by atoms with Crippen molar-refractivity contribution in [2.24, 2.45) is 5.92 Å². The van der Waals surface area contributed by atoms with Gasteiger partial charge < -0.3 is 9.47 Å². The molecule has 1 saturated heterocycles. The van der Waals surface area contributed by atoms with Crippen LogP contribution < -0.4 is 9.47 Å². The normalized spacial score (nSPS) is 19.4. The van der Waals surface area contributed by atoms with Crippen LogP contribution in [0.2, 0.25) is 0 Å². The Morgan fingerprint density at radius 2 is 2.04 bits per heavy atom. The van der Waals surface area contributed by atoms with Crippen LogP contribution in [0.5, 0.6) is 11.5 Å². The van der Waals surface area contributed by atoms with Crippen LogP contribution in [0.15, 0.2) is 29.7 Å². The molecular formula is C21H24INO4S. The Kier molecular flexibility index (Phi) is 7.45. The summed E-state index contributed by atoms with van der Waals surface area (Å²) in [5.41, 5.74) is 0.801. The first-order valence-corrected chi connectivity index (χ1v) is 11.3. The number of thioether (sulfide) groups is 1. The van der Waals surface area contributed by atoms with E-state index in [0.717, 1.165) is 33.7 Å². The van der Waals surface area contributed by atoms with Crippen LogP contribution in [0, 0.1) is 9.49 Å². The van der Waals surface area contributed by atoms with E-state index in [1.807, 2.05) is 12.1 Å². The summed E-state index contributed by atoms with van der Waals surface area (Å²) < 4.78 is 12.0. The molecule has 2 amide bonds. The molecule has 1 heterocycles. The van der Waals surface area contributed by atoms with Crippen molar-refractivity contribution in [3.05, 3.63) is 38.8 Å². The van der Waals surface area contributed by atoms with E-state index in [1.165, 1.54) is 24.2 Å². The van der Waals surface area contributed by atoms with Gasteiger partial charge in [0.1, 0.15) is 6.61 Å². The van der Waals surface area contributed by atoms with E-state index < -0.39 is 0 Å². The molecule has 150 valence electrons. The van der Waals surface area contributed by atoms with Crippen molar-refractivity contribution < 1.29 is 19.1 Å². The third kappa shape index (κ3) is 4.92. The first kappa shape index (κ1) is 21.2. The first-order valence-electron chi connectivity index (χ1n) is 9.40. The van der Waals surface area contributed by atoms with Gasteiger partial charge in [0.25, 0.3) is 11.1 Å². The Morgan fingerprint density at radius 1 is 1.29 bits per heavy atom. The van der Waals surface area contributed by atoms with Gasteiger partial charge in [0.2, 0.25) is 0 Å². The highest BCUT2D eigenvalue weighted by Crippen LogP contribution is 2.38. The molecule has 1 saturated carbocycles. The number of hydrogen-bond donors (Lipinski definition) is 0. The highest BCUT2D eigenvalue weighted by molar-refractivity contribution is 14.1. The van der Waals surface area contributed by atoms with Crippen LogP contribution >= 0.6 is 34.4 Å². The predicted molar refractivity (Wildman–Crippen MR) is 121 cm³/mol. The van der Waals surface area contributed by atoms with Crippen molar-refractivity contribution in [1.29, 1.82) is 0 Å². The number of ether oxygens (including phenoxy) is 2. The molecule has 0 atom stereocenters. The molecule has 5 nitrogen and oxygen atoms in total. The molecule has 0 bridgehead atoms. The van der Waals surface area contributed by atoms with Crippen LogP contribution in [0.25, 0.3) is 6.08 Å². The summed E-state index contributed by atoms with van der Waals surface area (Å²) in [6, 6.07) is 3.73. The number of nitrogens with zero attached hydrogens (tertiary/aromatic N) is 1. The summed E-state index contributed by atoms with van der Waals surface area (Å²) in [5, 5.41) is -0.172. The molecule has 0 N–H and O–H groups in total. The molecule has 1 aromatic rings. The van der Waals surface area contributed by atoms with Gasteiger partial charge in [-0.25, -0.2) is 0 Å². The van der Waals surface area contributed by atoms with Gasteiger partial charge in [-0.3, -0.25) is 14.5 Å². The largest absolute Gasteiger partial charge is 0.493 e. The number of carbonyl (C=O) groups is 2. The lowest BCUT2D eigenvalue weighted by molar-refractivity contribution is -0.123. The van der Waals surface area contributed by atoms with Gasteiger partial charge in [-0.05, 0) is 76.9 Å². The Labute approximate surface area is 183 Å². The molecule has 7 heteroatoms. The number of halogens is 1. The average Bonchev–Trinajstić information content (AvgIpc) is 2.95. The maximum Gasteiger partial charge on any atom is 0.293 e. The molecule has 2 fully saturated rings. The monoisotopic (exact) mass is 513 g/mol. The number of imide groups is 1. The van der Waals surface area contributed by atoms with Crippen molar-refractivity contribution in [3.63, 3.8) is 0 Å². The Balaban J connectivity index is 1.79. The zero-order valence-corrected chi connectivity index (χ0v) is 18.9. The lowest BCUT2D eigenvalue weighted by Crippen LogP contribution is -2.34. The van der Waals surface area contributed by atoms with E-state index in [0.29, 0.717) is 35.5 Å². The summed E-state index contributed by atoms with van der Waals surface area (Å²) in [6.45, 7) is 4.58. The maximum absolute atomic E-state index is 12.8. The topological polar surface area (TPSA) is 55.8 Å². The number of hydrogen-bond acceptors (Lipinski definition) is 5. The summed E-state index contributed by atoms with van der Waals surface area (Å²) in [4.78, 5) is 27.1. The standard InChI is InChI=1S/C21H24INO4S/c1-3-9-27-19-16(22)10-15(11-17(19)26-2)12-18-20(24)23(21(25)28-18)13-14-7-5-4-6-8-14/h3,10-12,14H,1,4-9,13H2,2H3/b18-12-. The third-order valence-electron chi connectivity index (χ3n) is 4.93. The average molecular weight is 513 g/mol. The zero-order chi connectivity index (χ0) is 20.1. The van der Waals surface area contributed by atoms with Gasteiger partial charge in [0.15, 0.2) is 11.5 Å². The Morgan fingerprint density at radius 3 is 2.71 bits per heavy atom.